The van der Waals surface area contributed by atoms with Crippen LogP contribution in [0.1, 0.15) is 0 Å². The molecule has 11 rings (SSSR count). The average Bonchev–Trinajstić information content (AvgIpc) is 3.60. The molecule has 0 spiro atoms. The van der Waals surface area contributed by atoms with Gasteiger partial charge in [0.2, 0.25) is 0 Å². The Morgan fingerprint density at radius 3 is 1.50 bits per heavy atom. The molecule has 0 N–H and O–H groups in total. The fourth-order valence-electron chi connectivity index (χ4n) is 8.51. The van der Waals surface area contributed by atoms with Crippen LogP contribution in [-0.4, -0.2) is 9.97 Å². The monoisotopic (exact) mass is 710 g/mol. The molecular weight excluding hydrogens is 677 g/mol. The van der Waals surface area contributed by atoms with E-state index in [9.17, 15) is 0 Å². The van der Waals surface area contributed by atoms with Gasteiger partial charge in [0.1, 0.15) is 0 Å². The second-order valence-corrected chi connectivity index (χ2v) is 14.5. The number of nitrogens with zero attached hydrogens (tertiary/aromatic N) is 2. The first kappa shape index (κ1) is 32.0. The van der Waals surface area contributed by atoms with Crippen molar-refractivity contribution in [2.24, 2.45) is 0 Å². The third-order valence-corrected chi connectivity index (χ3v) is 11.3. The highest BCUT2D eigenvalue weighted by atomic mass is 14.9. The minimum atomic E-state index is 0.707. The fourth-order valence-corrected chi connectivity index (χ4v) is 8.51. The minimum Gasteiger partial charge on any atom is -0.228 e. The molecule has 1 aromatic heterocycles. The lowest BCUT2D eigenvalue weighted by Crippen LogP contribution is -1.96. The maximum atomic E-state index is 5.07. The van der Waals surface area contributed by atoms with Gasteiger partial charge in [0.05, 0.1) is 11.4 Å². The third-order valence-electron chi connectivity index (χ3n) is 11.3. The molecule has 2 nitrogen and oxygen atoms in total. The fraction of sp³-hybridized carbons (Fsp3) is 0. The molecule has 260 valence electrons. The number of hydrogen-bond donors (Lipinski definition) is 0. The Bertz CT molecular complexity index is 3030. The molecule has 56 heavy (non-hydrogen) atoms. The standard InChI is InChI=1S/C54H34N2/c1-3-12-38(13-4-1)50-34-51(39-14-5-2-6-15-39)56-54(55-50)42-27-23-37(24-28-42)45-31-29-36-11-7-8-18-44(36)52(45)41-25-21-35(22-26-41)43-30-32-46-47-19-9-16-40-17-10-20-48(53(40)47)49(46)33-43/h1-34H. The summed E-state index contributed by atoms with van der Waals surface area (Å²) in [6, 6.07) is 74.0. The van der Waals surface area contributed by atoms with Crippen molar-refractivity contribution in [2.75, 3.05) is 0 Å². The molecule has 10 aromatic rings. The van der Waals surface area contributed by atoms with Crippen LogP contribution in [0.15, 0.2) is 206 Å². The summed E-state index contributed by atoms with van der Waals surface area (Å²) in [7, 11) is 0. The van der Waals surface area contributed by atoms with Crippen LogP contribution in [0.4, 0.5) is 0 Å². The van der Waals surface area contributed by atoms with E-state index < -0.39 is 0 Å². The van der Waals surface area contributed by atoms with Crippen LogP contribution in [0, 0.1) is 0 Å². The Hall–Kier alpha value is -7.42. The lowest BCUT2D eigenvalue weighted by Gasteiger charge is -2.16. The molecule has 9 aromatic carbocycles. The first-order chi connectivity index (χ1) is 27.7. The van der Waals surface area contributed by atoms with Crippen LogP contribution in [0.3, 0.4) is 0 Å². The molecule has 1 heterocycles. The quantitative estimate of drug-likeness (QED) is 0.172. The molecule has 0 atom stereocenters. The van der Waals surface area contributed by atoms with E-state index in [1.54, 1.807) is 0 Å². The van der Waals surface area contributed by atoms with Crippen molar-refractivity contribution in [3.05, 3.63) is 206 Å². The van der Waals surface area contributed by atoms with Crippen molar-refractivity contribution < 1.29 is 0 Å². The van der Waals surface area contributed by atoms with Gasteiger partial charge in [-0.2, -0.15) is 0 Å². The van der Waals surface area contributed by atoms with Crippen molar-refractivity contribution in [1.29, 1.82) is 0 Å². The van der Waals surface area contributed by atoms with Gasteiger partial charge in [0.25, 0.3) is 0 Å². The summed E-state index contributed by atoms with van der Waals surface area (Å²) in [4.78, 5) is 10.1. The molecule has 0 bridgehead atoms. The molecule has 1 aliphatic carbocycles. The Labute approximate surface area is 326 Å². The van der Waals surface area contributed by atoms with E-state index in [0.29, 0.717) is 5.82 Å². The summed E-state index contributed by atoms with van der Waals surface area (Å²) >= 11 is 0. The van der Waals surface area contributed by atoms with Gasteiger partial charge in [0, 0.05) is 16.7 Å². The van der Waals surface area contributed by atoms with Gasteiger partial charge in [-0.3, -0.25) is 0 Å². The first-order valence-corrected chi connectivity index (χ1v) is 19.1. The normalized spacial score (nSPS) is 11.6. The Kier molecular flexibility index (Phi) is 7.53. The summed E-state index contributed by atoms with van der Waals surface area (Å²) in [5, 5.41) is 5.11. The number of benzene rings is 9. The van der Waals surface area contributed by atoms with E-state index in [2.05, 4.69) is 194 Å². The number of rotatable bonds is 6. The summed E-state index contributed by atoms with van der Waals surface area (Å²) in [6.07, 6.45) is 0. The zero-order valence-electron chi connectivity index (χ0n) is 30.5. The molecule has 0 saturated carbocycles. The van der Waals surface area contributed by atoms with Gasteiger partial charge in [-0.25, -0.2) is 9.97 Å². The minimum absolute atomic E-state index is 0.707. The smallest absolute Gasteiger partial charge is 0.160 e. The predicted molar refractivity (Wildman–Crippen MR) is 234 cm³/mol. The maximum Gasteiger partial charge on any atom is 0.160 e. The van der Waals surface area contributed by atoms with Crippen molar-refractivity contribution in [3.8, 4) is 89.5 Å². The SMILES string of the molecule is c1ccc(-c2cc(-c3ccccc3)nc(-c3ccc(-c4ccc5ccccc5c4-c4ccc(-c5ccc6c(c5)-c5cccc7cccc-6c57)cc4)cc3)n2)cc1. The highest BCUT2D eigenvalue weighted by molar-refractivity contribution is 6.15. The predicted octanol–water partition coefficient (Wildman–Crippen LogP) is 14.4. The highest BCUT2D eigenvalue weighted by Gasteiger charge is 2.21. The largest absolute Gasteiger partial charge is 0.228 e. The van der Waals surface area contributed by atoms with E-state index in [0.717, 1.165) is 33.6 Å². The highest BCUT2D eigenvalue weighted by Crippen LogP contribution is 2.48. The van der Waals surface area contributed by atoms with Crippen LogP contribution in [-0.2, 0) is 0 Å². The number of hydrogen-bond acceptors (Lipinski definition) is 2. The molecule has 0 unspecified atom stereocenters. The van der Waals surface area contributed by atoms with E-state index in [4.69, 9.17) is 9.97 Å². The molecule has 0 fully saturated rings. The second-order valence-electron chi connectivity index (χ2n) is 14.5. The van der Waals surface area contributed by atoms with E-state index in [-0.39, 0.29) is 0 Å². The Balaban J connectivity index is 0.971. The summed E-state index contributed by atoms with van der Waals surface area (Å²) < 4.78 is 0. The average molecular weight is 711 g/mol. The topological polar surface area (TPSA) is 25.8 Å². The summed E-state index contributed by atoms with van der Waals surface area (Å²) in [5.41, 5.74) is 17.4. The Morgan fingerprint density at radius 1 is 0.268 bits per heavy atom. The first-order valence-electron chi connectivity index (χ1n) is 19.1. The number of aromatic nitrogens is 2. The molecule has 0 amide bonds. The molecule has 1 aliphatic rings. The van der Waals surface area contributed by atoms with Crippen LogP contribution >= 0.6 is 0 Å². The number of fused-ring (bicyclic) bond motifs is 4. The van der Waals surface area contributed by atoms with Gasteiger partial charge >= 0.3 is 0 Å². The molecule has 2 heteroatoms. The molecule has 0 radical (unpaired) electrons. The van der Waals surface area contributed by atoms with Gasteiger partial charge in [-0.15, -0.1) is 0 Å². The van der Waals surface area contributed by atoms with Gasteiger partial charge in [0.15, 0.2) is 5.82 Å². The summed E-state index contributed by atoms with van der Waals surface area (Å²) in [6.45, 7) is 0. The van der Waals surface area contributed by atoms with Gasteiger partial charge in [-0.05, 0) is 89.3 Å². The van der Waals surface area contributed by atoms with Crippen LogP contribution < -0.4 is 0 Å². The van der Waals surface area contributed by atoms with E-state index >= 15 is 0 Å². The third kappa shape index (κ3) is 5.42. The second kappa shape index (κ2) is 13.2. The molecule has 0 aliphatic heterocycles. The Morgan fingerprint density at radius 2 is 0.804 bits per heavy atom. The summed E-state index contributed by atoms with van der Waals surface area (Å²) in [5.74, 6) is 0.707. The van der Waals surface area contributed by atoms with Crippen molar-refractivity contribution in [2.45, 2.75) is 0 Å². The van der Waals surface area contributed by atoms with Crippen LogP contribution in [0.25, 0.3) is 111 Å². The molecular formula is C54H34N2. The van der Waals surface area contributed by atoms with Gasteiger partial charge in [-0.1, -0.05) is 194 Å². The van der Waals surface area contributed by atoms with Crippen LogP contribution in [0.5, 0.6) is 0 Å². The lowest BCUT2D eigenvalue weighted by atomic mass is 9.88. The molecule has 0 saturated heterocycles. The van der Waals surface area contributed by atoms with Crippen molar-refractivity contribution in [3.63, 3.8) is 0 Å². The van der Waals surface area contributed by atoms with E-state index in [1.807, 2.05) is 12.1 Å². The zero-order valence-corrected chi connectivity index (χ0v) is 30.5. The lowest BCUT2D eigenvalue weighted by molar-refractivity contribution is 1.18. The van der Waals surface area contributed by atoms with Crippen molar-refractivity contribution >= 4 is 21.5 Å². The van der Waals surface area contributed by atoms with Gasteiger partial charge < -0.3 is 0 Å². The zero-order chi connectivity index (χ0) is 37.0. The van der Waals surface area contributed by atoms with Crippen molar-refractivity contribution in [1.82, 2.24) is 9.97 Å². The van der Waals surface area contributed by atoms with Crippen LogP contribution in [0.2, 0.25) is 0 Å². The maximum absolute atomic E-state index is 5.07. The van der Waals surface area contributed by atoms with E-state index in [1.165, 1.54) is 71.6 Å².